The molecule has 1 atom stereocenters. The van der Waals surface area contributed by atoms with Crippen LogP contribution >= 0.6 is 0 Å². The predicted octanol–water partition coefficient (Wildman–Crippen LogP) is 3.61. The van der Waals surface area contributed by atoms with E-state index in [0.717, 1.165) is 34.6 Å². The van der Waals surface area contributed by atoms with Gasteiger partial charge in [-0.05, 0) is 48.6 Å². The number of hydrogen-bond donors (Lipinski definition) is 1. The van der Waals surface area contributed by atoms with Gasteiger partial charge in [0.1, 0.15) is 6.04 Å². The van der Waals surface area contributed by atoms with Gasteiger partial charge in [-0.1, -0.05) is 26.0 Å². The Hall–Kier alpha value is -3.61. The number of nitrogens with zero attached hydrogens (tertiary/aromatic N) is 1. The minimum Gasteiger partial charge on any atom is -0.490 e. The Balaban J connectivity index is 1.50. The van der Waals surface area contributed by atoms with Crippen LogP contribution in [0.2, 0.25) is 0 Å². The minimum absolute atomic E-state index is 0.115. The van der Waals surface area contributed by atoms with Crippen LogP contribution in [0.4, 0.5) is 0 Å². The topological polar surface area (TPSA) is 84.9 Å². The summed E-state index contributed by atoms with van der Waals surface area (Å²) in [7, 11) is 0. The van der Waals surface area contributed by atoms with Crippen molar-refractivity contribution in [3.8, 4) is 11.5 Å². The van der Waals surface area contributed by atoms with Crippen LogP contribution in [-0.2, 0) is 11.2 Å². The number of carbonyl (C=O) groups excluding carboxylic acids is 3. The van der Waals surface area contributed by atoms with Crippen molar-refractivity contribution in [3.63, 3.8) is 0 Å². The van der Waals surface area contributed by atoms with Gasteiger partial charge in [-0.3, -0.25) is 19.3 Å². The maximum atomic E-state index is 13.6. The molecule has 0 aromatic heterocycles. The molecule has 2 aromatic carbocycles. The highest BCUT2D eigenvalue weighted by Gasteiger charge is 2.42. The molecule has 34 heavy (non-hydrogen) atoms. The van der Waals surface area contributed by atoms with Gasteiger partial charge < -0.3 is 14.8 Å². The summed E-state index contributed by atoms with van der Waals surface area (Å²) in [6, 6.07) is 9.77. The van der Waals surface area contributed by atoms with Crippen LogP contribution in [0.25, 0.3) is 5.70 Å². The van der Waals surface area contributed by atoms with E-state index in [0.29, 0.717) is 48.8 Å². The van der Waals surface area contributed by atoms with E-state index >= 15 is 0 Å². The van der Waals surface area contributed by atoms with Gasteiger partial charge >= 0.3 is 0 Å². The lowest BCUT2D eigenvalue weighted by molar-refractivity contribution is -0.118. The van der Waals surface area contributed by atoms with E-state index in [1.54, 1.807) is 30.3 Å². The normalized spacial score (nSPS) is 18.9. The summed E-state index contributed by atoms with van der Waals surface area (Å²) in [6.45, 7) is 5.82. The molecule has 2 amide bonds. The molecule has 0 aliphatic carbocycles. The zero-order chi connectivity index (χ0) is 23.8. The lowest BCUT2D eigenvalue weighted by Crippen LogP contribution is -2.45. The van der Waals surface area contributed by atoms with Crippen molar-refractivity contribution in [1.29, 1.82) is 0 Å². The highest BCUT2D eigenvalue weighted by atomic mass is 16.5. The van der Waals surface area contributed by atoms with Crippen molar-refractivity contribution in [3.05, 3.63) is 64.7 Å². The van der Waals surface area contributed by atoms with Crippen molar-refractivity contribution in [2.24, 2.45) is 5.92 Å². The van der Waals surface area contributed by atoms with Crippen LogP contribution in [0.5, 0.6) is 11.5 Å². The van der Waals surface area contributed by atoms with Crippen LogP contribution in [0.1, 0.15) is 58.5 Å². The van der Waals surface area contributed by atoms with E-state index < -0.39 is 17.9 Å². The largest absolute Gasteiger partial charge is 0.490 e. The maximum absolute atomic E-state index is 13.6. The summed E-state index contributed by atoms with van der Waals surface area (Å²) >= 11 is 0. The minimum atomic E-state index is -0.868. The fourth-order valence-corrected chi connectivity index (χ4v) is 4.79. The van der Waals surface area contributed by atoms with Gasteiger partial charge in [0.2, 0.25) is 0 Å². The third-order valence-electron chi connectivity index (χ3n) is 6.42. The van der Waals surface area contributed by atoms with Gasteiger partial charge in [0.05, 0.1) is 24.3 Å². The lowest BCUT2D eigenvalue weighted by Gasteiger charge is -2.27. The zero-order valence-corrected chi connectivity index (χ0v) is 19.4. The van der Waals surface area contributed by atoms with Crippen LogP contribution in [0.3, 0.4) is 0 Å². The van der Waals surface area contributed by atoms with E-state index in [4.69, 9.17) is 9.47 Å². The van der Waals surface area contributed by atoms with Crippen molar-refractivity contribution in [2.45, 2.75) is 39.2 Å². The van der Waals surface area contributed by atoms with Gasteiger partial charge in [0.15, 0.2) is 17.3 Å². The van der Waals surface area contributed by atoms with Gasteiger partial charge in [-0.2, -0.15) is 0 Å². The Morgan fingerprint density at radius 2 is 1.68 bits per heavy atom. The standard InChI is InChI=1S/C27H28N2O5/c1-16(2)12-22(29-26(31)18-6-3-4-7-19(18)27(29)32)23(30)15-21-20-14-25-24(33-10-5-11-34-25)13-17(20)8-9-28-21/h3-4,6-7,13-16,22,28H,5,8-12H2,1-2H3. The summed E-state index contributed by atoms with van der Waals surface area (Å²) in [5.74, 6) is 0.414. The van der Waals surface area contributed by atoms with Crippen LogP contribution in [-0.4, -0.2) is 48.3 Å². The van der Waals surface area contributed by atoms with Crippen molar-refractivity contribution in [2.75, 3.05) is 19.8 Å². The zero-order valence-electron chi connectivity index (χ0n) is 19.4. The summed E-state index contributed by atoms with van der Waals surface area (Å²) in [5, 5.41) is 3.32. The lowest BCUT2D eigenvalue weighted by atomic mass is 9.93. The smallest absolute Gasteiger partial charge is 0.262 e. The molecule has 3 aliphatic rings. The molecule has 0 radical (unpaired) electrons. The SMILES string of the molecule is CC(C)CC(C(=O)C=C1NCCc2cc3c(cc21)OCCCO3)N1C(=O)c2ccccc2C1=O. The van der Waals surface area contributed by atoms with Gasteiger partial charge in [0, 0.05) is 30.3 Å². The molecule has 3 aliphatic heterocycles. The second-order valence-corrected chi connectivity index (χ2v) is 9.31. The van der Waals surface area contributed by atoms with Crippen molar-refractivity contribution in [1.82, 2.24) is 10.2 Å². The number of imide groups is 1. The Morgan fingerprint density at radius 3 is 2.32 bits per heavy atom. The first-order chi connectivity index (χ1) is 16.4. The van der Waals surface area contributed by atoms with Gasteiger partial charge in [0.25, 0.3) is 11.8 Å². The summed E-state index contributed by atoms with van der Waals surface area (Å²) < 4.78 is 11.7. The number of hydrogen-bond acceptors (Lipinski definition) is 6. The average molecular weight is 461 g/mol. The second kappa shape index (κ2) is 8.97. The van der Waals surface area contributed by atoms with Crippen LogP contribution < -0.4 is 14.8 Å². The number of amides is 2. The maximum Gasteiger partial charge on any atom is 0.262 e. The highest BCUT2D eigenvalue weighted by Crippen LogP contribution is 2.37. The number of fused-ring (bicyclic) bond motifs is 3. The number of nitrogens with one attached hydrogen (secondary N) is 1. The molecule has 1 unspecified atom stereocenters. The molecule has 5 rings (SSSR count). The molecule has 3 heterocycles. The highest BCUT2D eigenvalue weighted by molar-refractivity contribution is 6.23. The third-order valence-corrected chi connectivity index (χ3v) is 6.42. The van der Waals surface area contributed by atoms with E-state index in [9.17, 15) is 14.4 Å². The van der Waals surface area contributed by atoms with Crippen LogP contribution in [0, 0.1) is 5.92 Å². The molecule has 7 nitrogen and oxygen atoms in total. The molecular formula is C27H28N2O5. The number of benzene rings is 2. The summed E-state index contributed by atoms with van der Waals surface area (Å²) in [4.78, 5) is 41.0. The fourth-order valence-electron chi connectivity index (χ4n) is 4.79. The first-order valence-corrected chi connectivity index (χ1v) is 11.8. The van der Waals surface area contributed by atoms with Gasteiger partial charge in [-0.25, -0.2) is 0 Å². The van der Waals surface area contributed by atoms with Crippen LogP contribution in [0.15, 0.2) is 42.5 Å². The molecule has 0 bridgehead atoms. The Labute approximate surface area is 198 Å². The van der Waals surface area contributed by atoms with E-state index in [1.165, 1.54) is 0 Å². The third kappa shape index (κ3) is 3.95. The second-order valence-electron chi connectivity index (χ2n) is 9.31. The molecule has 0 fully saturated rings. The quantitative estimate of drug-likeness (QED) is 0.542. The van der Waals surface area contributed by atoms with E-state index in [2.05, 4.69) is 5.32 Å². The first-order valence-electron chi connectivity index (χ1n) is 11.8. The molecule has 1 N–H and O–H groups in total. The monoisotopic (exact) mass is 460 g/mol. The molecule has 0 spiro atoms. The summed E-state index contributed by atoms with van der Waals surface area (Å²) in [5.41, 5.74) is 3.33. The number of carbonyl (C=O) groups is 3. The first kappa shape index (κ1) is 22.2. The predicted molar refractivity (Wildman–Crippen MR) is 127 cm³/mol. The molecule has 0 saturated carbocycles. The average Bonchev–Trinajstić information content (AvgIpc) is 2.95. The number of rotatable bonds is 5. The Bertz CT molecular complexity index is 1160. The van der Waals surface area contributed by atoms with Gasteiger partial charge in [-0.15, -0.1) is 0 Å². The molecule has 176 valence electrons. The molecular weight excluding hydrogens is 432 g/mol. The molecule has 0 saturated heterocycles. The number of ether oxygens (including phenoxy) is 2. The van der Waals surface area contributed by atoms with E-state index in [-0.39, 0.29) is 11.7 Å². The Morgan fingerprint density at radius 1 is 1.03 bits per heavy atom. The van der Waals surface area contributed by atoms with Crippen molar-refractivity contribution < 1.29 is 23.9 Å². The fraction of sp³-hybridized carbons (Fsp3) is 0.370. The Kier molecular flexibility index (Phi) is 5.86. The molecule has 2 aromatic rings. The van der Waals surface area contributed by atoms with Crippen molar-refractivity contribution >= 4 is 23.3 Å². The van der Waals surface area contributed by atoms with E-state index in [1.807, 2.05) is 26.0 Å². The summed E-state index contributed by atoms with van der Waals surface area (Å²) in [6.07, 6.45) is 3.54. The molecule has 7 heteroatoms. The number of ketones is 1.